The molecule has 0 unspecified atom stereocenters. The summed E-state index contributed by atoms with van der Waals surface area (Å²) in [6, 6.07) is 11.4. The van der Waals surface area contributed by atoms with Crippen LogP contribution in [0.15, 0.2) is 47.4 Å². The molecule has 1 fully saturated rings. The van der Waals surface area contributed by atoms with Gasteiger partial charge in [0.25, 0.3) is 5.56 Å². The fourth-order valence-corrected chi connectivity index (χ4v) is 2.93. The van der Waals surface area contributed by atoms with Gasteiger partial charge >= 0.3 is 0 Å². The van der Waals surface area contributed by atoms with Gasteiger partial charge in [0.1, 0.15) is 0 Å². The first-order valence-electron chi connectivity index (χ1n) is 8.57. The topological polar surface area (TPSA) is 68.4 Å². The van der Waals surface area contributed by atoms with Crippen LogP contribution in [0, 0.1) is 0 Å². The maximum atomic E-state index is 12.5. The van der Waals surface area contributed by atoms with Crippen molar-refractivity contribution in [2.75, 3.05) is 38.5 Å². The molecule has 2 N–H and O–H groups in total. The summed E-state index contributed by atoms with van der Waals surface area (Å²) in [4.78, 5) is 31.0. The second-order valence-electron chi connectivity index (χ2n) is 6.44. The van der Waals surface area contributed by atoms with Crippen molar-refractivity contribution in [3.63, 3.8) is 0 Å². The van der Waals surface area contributed by atoms with Gasteiger partial charge in [0.2, 0.25) is 5.91 Å². The molecule has 6 heteroatoms. The van der Waals surface area contributed by atoms with Crippen LogP contribution < -0.4 is 10.9 Å². The third-order valence-corrected chi connectivity index (χ3v) is 4.52. The lowest BCUT2D eigenvalue weighted by atomic mass is 10.1. The number of carbonyl (C=O) groups excluding carboxylic acids is 1. The Bertz CT molecular complexity index is 779. The summed E-state index contributed by atoms with van der Waals surface area (Å²) in [5, 5.41) is 3.25. The van der Waals surface area contributed by atoms with Crippen molar-refractivity contribution in [2.45, 2.75) is 13.0 Å². The lowest BCUT2D eigenvalue weighted by Crippen LogP contribution is -2.47. The summed E-state index contributed by atoms with van der Waals surface area (Å²) < 4.78 is 0. The number of pyridine rings is 1. The first kappa shape index (κ1) is 17.2. The standard InChI is InChI=1S/C19H24N4O2/c1-22-8-10-23(11-9-22)18(24)13-15-4-2-6-17(12-15)21-14-16-5-3-7-20-19(16)25/h2-7,12,21H,8-11,13-14H2,1H3,(H,20,25). The number of amides is 1. The molecular weight excluding hydrogens is 316 g/mol. The van der Waals surface area contributed by atoms with Gasteiger partial charge in [0.05, 0.1) is 6.42 Å². The molecule has 1 amide bonds. The molecule has 132 valence electrons. The number of aromatic nitrogens is 1. The number of carbonyl (C=O) groups is 1. The number of hydrogen-bond acceptors (Lipinski definition) is 4. The number of aromatic amines is 1. The average Bonchev–Trinajstić information content (AvgIpc) is 2.62. The highest BCUT2D eigenvalue weighted by Gasteiger charge is 2.19. The van der Waals surface area contributed by atoms with Gasteiger partial charge < -0.3 is 20.1 Å². The molecule has 2 aromatic rings. The molecule has 0 aliphatic carbocycles. The van der Waals surface area contributed by atoms with Gasteiger partial charge in [0.15, 0.2) is 0 Å². The molecule has 1 aromatic carbocycles. The highest BCUT2D eigenvalue weighted by Crippen LogP contribution is 2.13. The molecular formula is C19H24N4O2. The van der Waals surface area contributed by atoms with E-state index < -0.39 is 0 Å². The zero-order chi connectivity index (χ0) is 17.6. The highest BCUT2D eigenvalue weighted by molar-refractivity contribution is 5.79. The Morgan fingerprint density at radius 1 is 1.16 bits per heavy atom. The SMILES string of the molecule is CN1CCN(C(=O)Cc2cccc(NCc3ccc[nH]c3=O)c2)CC1. The Labute approximate surface area is 147 Å². The number of benzene rings is 1. The van der Waals surface area contributed by atoms with Gasteiger partial charge in [-0.3, -0.25) is 9.59 Å². The van der Waals surface area contributed by atoms with Crippen molar-refractivity contribution in [2.24, 2.45) is 0 Å². The van der Waals surface area contributed by atoms with Crippen LogP contribution in [0.4, 0.5) is 5.69 Å². The van der Waals surface area contributed by atoms with E-state index in [2.05, 4.69) is 22.2 Å². The molecule has 2 heterocycles. The smallest absolute Gasteiger partial charge is 0.252 e. The second kappa shape index (κ2) is 7.98. The predicted molar refractivity (Wildman–Crippen MR) is 98.6 cm³/mol. The summed E-state index contributed by atoms with van der Waals surface area (Å²) in [6.45, 7) is 3.90. The second-order valence-corrected chi connectivity index (χ2v) is 6.44. The van der Waals surface area contributed by atoms with Crippen LogP contribution in [0.5, 0.6) is 0 Å². The predicted octanol–water partition coefficient (Wildman–Crippen LogP) is 1.30. The van der Waals surface area contributed by atoms with Crippen molar-refractivity contribution in [3.05, 3.63) is 64.1 Å². The Morgan fingerprint density at radius 3 is 2.72 bits per heavy atom. The van der Waals surface area contributed by atoms with E-state index in [-0.39, 0.29) is 11.5 Å². The van der Waals surface area contributed by atoms with E-state index in [4.69, 9.17) is 0 Å². The lowest BCUT2D eigenvalue weighted by molar-refractivity contribution is -0.132. The molecule has 1 aliphatic rings. The van der Waals surface area contributed by atoms with E-state index in [9.17, 15) is 9.59 Å². The van der Waals surface area contributed by atoms with Crippen molar-refractivity contribution in [3.8, 4) is 0 Å². The number of H-pyrrole nitrogens is 1. The maximum Gasteiger partial charge on any atom is 0.252 e. The van der Waals surface area contributed by atoms with E-state index in [1.54, 1.807) is 12.3 Å². The minimum atomic E-state index is -0.0867. The van der Waals surface area contributed by atoms with Crippen LogP contribution >= 0.6 is 0 Å². The van der Waals surface area contributed by atoms with Crippen LogP contribution in [0.1, 0.15) is 11.1 Å². The fraction of sp³-hybridized carbons (Fsp3) is 0.368. The number of piperazine rings is 1. The van der Waals surface area contributed by atoms with Crippen LogP contribution in [0.25, 0.3) is 0 Å². The third-order valence-electron chi connectivity index (χ3n) is 4.52. The monoisotopic (exact) mass is 340 g/mol. The van der Waals surface area contributed by atoms with Gasteiger partial charge in [-0.2, -0.15) is 0 Å². The average molecular weight is 340 g/mol. The van der Waals surface area contributed by atoms with Gasteiger partial charge in [-0.25, -0.2) is 0 Å². The molecule has 1 aliphatic heterocycles. The summed E-state index contributed by atoms with van der Waals surface area (Å²) >= 11 is 0. The van der Waals surface area contributed by atoms with Gasteiger partial charge in [-0.1, -0.05) is 18.2 Å². The molecule has 0 atom stereocenters. The minimum absolute atomic E-state index is 0.0867. The largest absolute Gasteiger partial charge is 0.381 e. The fourth-order valence-electron chi connectivity index (χ4n) is 2.93. The van der Waals surface area contributed by atoms with Crippen molar-refractivity contribution in [1.82, 2.24) is 14.8 Å². The highest BCUT2D eigenvalue weighted by atomic mass is 16.2. The molecule has 3 rings (SSSR count). The van der Waals surface area contributed by atoms with Crippen LogP contribution in [0.2, 0.25) is 0 Å². The number of nitrogens with one attached hydrogen (secondary N) is 2. The summed E-state index contributed by atoms with van der Waals surface area (Å²) in [7, 11) is 2.08. The number of likely N-dealkylation sites (N-methyl/N-ethyl adjacent to an activating group) is 1. The number of nitrogens with zero attached hydrogens (tertiary/aromatic N) is 2. The zero-order valence-electron chi connectivity index (χ0n) is 14.5. The summed E-state index contributed by atoms with van der Waals surface area (Å²) in [5.74, 6) is 0.171. The molecule has 25 heavy (non-hydrogen) atoms. The maximum absolute atomic E-state index is 12.5. The Balaban J connectivity index is 1.58. The van der Waals surface area contributed by atoms with Crippen molar-refractivity contribution in [1.29, 1.82) is 0 Å². The first-order chi connectivity index (χ1) is 12.1. The van der Waals surface area contributed by atoms with E-state index in [1.165, 1.54) is 0 Å². The van der Waals surface area contributed by atoms with Crippen LogP contribution in [-0.2, 0) is 17.8 Å². The Kier molecular flexibility index (Phi) is 5.50. The molecule has 0 radical (unpaired) electrons. The summed E-state index contributed by atoms with van der Waals surface area (Å²) in [5.41, 5.74) is 2.49. The van der Waals surface area contributed by atoms with Crippen LogP contribution in [-0.4, -0.2) is 53.9 Å². The molecule has 6 nitrogen and oxygen atoms in total. The van der Waals surface area contributed by atoms with Gasteiger partial charge in [-0.15, -0.1) is 0 Å². The number of rotatable bonds is 5. The summed E-state index contributed by atoms with van der Waals surface area (Å²) in [6.07, 6.45) is 2.03. The van der Waals surface area contributed by atoms with Crippen molar-refractivity contribution < 1.29 is 4.79 Å². The zero-order valence-corrected chi connectivity index (χ0v) is 14.5. The number of hydrogen-bond donors (Lipinski definition) is 2. The molecule has 1 saturated heterocycles. The quantitative estimate of drug-likeness (QED) is 0.861. The van der Waals surface area contributed by atoms with Gasteiger partial charge in [0, 0.05) is 50.2 Å². The number of anilines is 1. The molecule has 0 spiro atoms. The Morgan fingerprint density at radius 2 is 1.96 bits per heavy atom. The minimum Gasteiger partial charge on any atom is -0.381 e. The van der Waals surface area contributed by atoms with E-state index >= 15 is 0 Å². The van der Waals surface area contributed by atoms with Crippen molar-refractivity contribution >= 4 is 11.6 Å². The Hall–Kier alpha value is -2.60. The molecule has 0 saturated carbocycles. The normalized spacial score (nSPS) is 15.2. The first-order valence-corrected chi connectivity index (χ1v) is 8.57. The molecule has 1 aromatic heterocycles. The van der Waals surface area contributed by atoms with E-state index in [1.807, 2.05) is 35.2 Å². The van der Waals surface area contributed by atoms with E-state index in [0.717, 1.165) is 37.4 Å². The molecule has 0 bridgehead atoms. The van der Waals surface area contributed by atoms with Gasteiger partial charge in [-0.05, 0) is 30.8 Å². The van der Waals surface area contributed by atoms with Crippen LogP contribution in [0.3, 0.4) is 0 Å². The lowest BCUT2D eigenvalue weighted by Gasteiger charge is -2.32. The third kappa shape index (κ3) is 4.70. The van der Waals surface area contributed by atoms with E-state index in [0.29, 0.717) is 18.5 Å².